The number of rotatable bonds is 8. The summed E-state index contributed by atoms with van der Waals surface area (Å²) in [4.78, 5) is 56.6. The van der Waals surface area contributed by atoms with Gasteiger partial charge < -0.3 is 19.9 Å². The van der Waals surface area contributed by atoms with Crippen molar-refractivity contribution in [2.75, 3.05) is 18.0 Å². The Bertz CT molecular complexity index is 1950. The Morgan fingerprint density at radius 1 is 0.962 bits per heavy atom. The van der Waals surface area contributed by atoms with Gasteiger partial charge in [0.2, 0.25) is 11.8 Å². The fraction of sp³-hybridized carbons (Fsp3) is 0.447. The second-order valence-electron chi connectivity index (χ2n) is 14.4. The quantitative estimate of drug-likeness (QED) is 0.328. The Balaban J connectivity index is 0.823. The minimum absolute atomic E-state index is 0.0175. The lowest BCUT2D eigenvalue weighted by atomic mass is 9.93. The number of carbonyl (C=O) groups excluding carboxylic acids is 4. The van der Waals surface area contributed by atoms with Crippen LogP contribution in [-0.4, -0.2) is 87.0 Å². The number of anilines is 1. The first-order valence-corrected chi connectivity index (χ1v) is 18.4. The number of nitrogens with one attached hydrogen (secondary N) is 2. The van der Waals surface area contributed by atoms with Gasteiger partial charge in [0.15, 0.2) is 11.5 Å². The number of aromatic nitrogens is 2. The summed E-state index contributed by atoms with van der Waals surface area (Å²) in [7, 11) is 0. The SMILES string of the molecule is N#Cc1ccc(OC2CCC(NC(=O)c3ccc(N4CC5CCC(C4)N5Cc4ccc5c(c4)CN(C4CCC(=O)NC4=O)C5=O)nn3)CC2)cc1Cl. The number of nitrogens with zero attached hydrogens (tertiary/aromatic N) is 6. The van der Waals surface area contributed by atoms with Crippen molar-refractivity contribution in [3.05, 3.63) is 81.5 Å². The number of piperazine rings is 1. The van der Waals surface area contributed by atoms with E-state index < -0.39 is 11.9 Å². The molecule has 3 saturated heterocycles. The van der Waals surface area contributed by atoms with Gasteiger partial charge in [-0.3, -0.25) is 29.4 Å². The monoisotopic (exact) mass is 722 g/mol. The van der Waals surface area contributed by atoms with Crippen molar-refractivity contribution in [1.29, 1.82) is 5.26 Å². The molecule has 0 spiro atoms. The summed E-state index contributed by atoms with van der Waals surface area (Å²) in [6, 6.07) is 16.8. The zero-order valence-electron chi connectivity index (χ0n) is 28.6. The van der Waals surface area contributed by atoms with E-state index in [2.05, 4.69) is 42.8 Å². The topological polar surface area (TPSA) is 161 Å². The first-order valence-electron chi connectivity index (χ1n) is 18.0. The maximum Gasteiger partial charge on any atom is 0.272 e. The number of benzene rings is 2. The van der Waals surface area contributed by atoms with Crippen LogP contribution in [0.5, 0.6) is 5.75 Å². The van der Waals surface area contributed by atoms with Gasteiger partial charge in [-0.25, -0.2) is 0 Å². The Morgan fingerprint density at radius 3 is 2.44 bits per heavy atom. The number of hydrogen-bond donors (Lipinski definition) is 2. The molecule has 4 fully saturated rings. The smallest absolute Gasteiger partial charge is 0.272 e. The molecule has 1 aliphatic carbocycles. The molecule has 3 unspecified atom stereocenters. The Hall–Kier alpha value is -5.06. The zero-order chi connectivity index (χ0) is 35.9. The normalized spacial score (nSPS) is 25.8. The Morgan fingerprint density at radius 2 is 1.75 bits per heavy atom. The maximum atomic E-state index is 13.1. The number of carbonyl (C=O) groups is 4. The highest BCUT2D eigenvalue weighted by molar-refractivity contribution is 6.31. The van der Waals surface area contributed by atoms with E-state index in [0.29, 0.717) is 52.6 Å². The number of piperidine rings is 1. The van der Waals surface area contributed by atoms with Crippen LogP contribution in [0.25, 0.3) is 0 Å². The van der Waals surface area contributed by atoms with Crippen molar-refractivity contribution in [3.8, 4) is 11.8 Å². The molecule has 4 amide bonds. The van der Waals surface area contributed by atoms with E-state index in [-0.39, 0.29) is 36.3 Å². The van der Waals surface area contributed by atoms with Crippen molar-refractivity contribution in [2.45, 2.75) is 94.7 Å². The molecular weight excluding hydrogens is 684 g/mol. The predicted octanol–water partition coefficient (Wildman–Crippen LogP) is 3.74. The minimum atomic E-state index is -0.619. The molecule has 14 heteroatoms. The average molecular weight is 723 g/mol. The van der Waals surface area contributed by atoms with Crippen LogP contribution < -0.4 is 20.3 Å². The molecule has 52 heavy (non-hydrogen) atoms. The van der Waals surface area contributed by atoms with Gasteiger partial charge in [0.1, 0.15) is 17.9 Å². The Kier molecular flexibility index (Phi) is 9.27. The van der Waals surface area contributed by atoms with E-state index in [1.165, 1.54) is 0 Å². The second-order valence-corrected chi connectivity index (χ2v) is 14.9. The second kappa shape index (κ2) is 14.2. The van der Waals surface area contributed by atoms with Crippen LogP contribution in [0.2, 0.25) is 5.02 Å². The number of fused-ring (bicyclic) bond motifs is 3. The van der Waals surface area contributed by atoms with E-state index in [1.807, 2.05) is 18.2 Å². The highest BCUT2D eigenvalue weighted by Crippen LogP contribution is 2.35. The van der Waals surface area contributed by atoms with E-state index in [9.17, 15) is 19.2 Å². The lowest BCUT2D eigenvalue weighted by Crippen LogP contribution is -2.53. The van der Waals surface area contributed by atoms with Crippen molar-refractivity contribution in [2.24, 2.45) is 0 Å². The standard InChI is InChI=1S/C38H39ClN8O5/c39-31-16-29(7-2-23(31)17-40)52-28-8-3-25(4-9-28)41-36(49)32-11-13-34(44-43-32)45-20-26-5-6-27(21-45)46(26)18-22-1-10-30-24(15-22)19-47(38(30)51)33-12-14-35(48)42-37(33)50/h1-2,7,10-11,13,15-16,25-28,33H,3-6,8-9,12,14,18-21H2,(H,41,49)(H,42,48,50). The summed E-state index contributed by atoms with van der Waals surface area (Å²) in [5, 5.41) is 23.7. The van der Waals surface area contributed by atoms with Gasteiger partial charge in [-0.05, 0) is 86.4 Å². The molecule has 1 saturated carbocycles. The molecule has 8 rings (SSSR count). The van der Waals surface area contributed by atoms with Crippen molar-refractivity contribution >= 4 is 41.0 Å². The molecule has 5 heterocycles. The van der Waals surface area contributed by atoms with E-state index in [0.717, 1.165) is 75.1 Å². The highest BCUT2D eigenvalue weighted by Gasteiger charge is 2.42. The molecule has 5 aliphatic rings. The van der Waals surface area contributed by atoms with Gasteiger partial charge >= 0.3 is 0 Å². The van der Waals surface area contributed by atoms with Crippen molar-refractivity contribution in [3.63, 3.8) is 0 Å². The third kappa shape index (κ3) is 6.80. The molecule has 2 N–H and O–H groups in total. The molecule has 268 valence electrons. The van der Waals surface area contributed by atoms with Gasteiger partial charge in [-0.2, -0.15) is 5.26 Å². The number of halogens is 1. The van der Waals surface area contributed by atoms with Crippen LogP contribution in [0.15, 0.2) is 48.5 Å². The van der Waals surface area contributed by atoms with Crippen LogP contribution in [-0.2, 0) is 22.7 Å². The molecule has 13 nitrogen and oxygen atoms in total. The van der Waals surface area contributed by atoms with Crippen molar-refractivity contribution < 1.29 is 23.9 Å². The lowest BCUT2D eigenvalue weighted by Gasteiger charge is -2.41. The number of ether oxygens (including phenoxy) is 1. The molecule has 1 aromatic heterocycles. The first-order chi connectivity index (χ1) is 25.2. The summed E-state index contributed by atoms with van der Waals surface area (Å²) < 4.78 is 6.08. The number of hydrogen-bond acceptors (Lipinski definition) is 10. The maximum absolute atomic E-state index is 13.1. The molecule has 2 aromatic carbocycles. The summed E-state index contributed by atoms with van der Waals surface area (Å²) in [5.41, 5.74) is 3.39. The Labute approximate surface area is 306 Å². The van der Waals surface area contributed by atoms with Crippen molar-refractivity contribution in [1.82, 2.24) is 30.6 Å². The third-order valence-corrected chi connectivity index (χ3v) is 11.5. The number of amides is 4. The third-order valence-electron chi connectivity index (χ3n) is 11.2. The molecule has 4 aliphatic heterocycles. The minimum Gasteiger partial charge on any atom is -0.490 e. The number of imide groups is 1. The van der Waals surface area contributed by atoms with Crippen LogP contribution >= 0.6 is 11.6 Å². The number of nitriles is 1. The fourth-order valence-corrected chi connectivity index (χ4v) is 8.64. The first kappa shape index (κ1) is 34.0. The summed E-state index contributed by atoms with van der Waals surface area (Å²) >= 11 is 6.14. The predicted molar refractivity (Wildman–Crippen MR) is 189 cm³/mol. The summed E-state index contributed by atoms with van der Waals surface area (Å²) in [5.74, 6) is 0.321. The van der Waals surface area contributed by atoms with E-state index in [4.69, 9.17) is 21.6 Å². The molecule has 3 aromatic rings. The van der Waals surface area contributed by atoms with E-state index >= 15 is 0 Å². The van der Waals surface area contributed by atoms with E-state index in [1.54, 1.807) is 29.2 Å². The van der Waals surface area contributed by atoms with Gasteiger partial charge in [0.25, 0.3) is 11.8 Å². The summed E-state index contributed by atoms with van der Waals surface area (Å²) in [6.45, 7) is 2.76. The van der Waals surface area contributed by atoms with Gasteiger partial charge in [0.05, 0.1) is 16.7 Å². The highest BCUT2D eigenvalue weighted by atomic mass is 35.5. The van der Waals surface area contributed by atoms with Crippen LogP contribution in [0.1, 0.15) is 88.9 Å². The van der Waals surface area contributed by atoms with Crippen LogP contribution in [0.4, 0.5) is 5.82 Å². The van der Waals surface area contributed by atoms with Crippen LogP contribution in [0.3, 0.4) is 0 Å². The average Bonchev–Trinajstić information content (AvgIpc) is 3.57. The van der Waals surface area contributed by atoms with Gasteiger partial charge in [0, 0.05) is 62.4 Å². The molecule has 2 bridgehead atoms. The van der Waals surface area contributed by atoms with Gasteiger partial charge in [-0.15, -0.1) is 10.2 Å². The molecular formula is C38H39ClN8O5. The van der Waals surface area contributed by atoms with Gasteiger partial charge in [-0.1, -0.05) is 23.7 Å². The lowest BCUT2D eigenvalue weighted by molar-refractivity contribution is -0.136. The summed E-state index contributed by atoms with van der Waals surface area (Å²) in [6.07, 6.45) is 5.90. The largest absolute Gasteiger partial charge is 0.490 e. The fourth-order valence-electron chi connectivity index (χ4n) is 8.42. The zero-order valence-corrected chi connectivity index (χ0v) is 29.3. The molecule has 0 radical (unpaired) electrons. The van der Waals surface area contributed by atoms with Crippen LogP contribution in [0, 0.1) is 11.3 Å². The molecule has 3 atom stereocenters.